The number of carbonyl (C=O) groups is 1. The first-order chi connectivity index (χ1) is 19.5. The van der Waals surface area contributed by atoms with Crippen molar-refractivity contribution >= 4 is 25.5 Å². The number of amides is 1. The van der Waals surface area contributed by atoms with Crippen molar-refractivity contribution < 1.29 is 27.4 Å². The molecule has 0 spiro atoms. The summed E-state index contributed by atoms with van der Waals surface area (Å²) in [6.07, 6.45) is 0.115. The molecule has 1 aromatic carbocycles. The predicted octanol–water partition coefficient (Wildman–Crippen LogP) is 5.75. The summed E-state index contributed by atoms with van der Waals surface area (Å²) in [4.78, 5) is 13.8. The molecule has 1 N–H and O–H groups in total. The number of ether oxygens (including phenoxy) is 2. The summed E-state index contributed by atoms with van der Waals surface area (Å²) in [5, 5.41) is 11.9. The molecule has 5 rings (SSSR count). The lowest BCUT2D eigenvalue weighted by Crippen LogP contribution is -2.35. The van der Waals surface area contributed by atoms with Crippen LogP contribution < -0.4 is 5.32 Å². The van der Waals surface area contributed by atoms with Crippen molar-refractivity contribution in [1.82, 2.24) is 24.5 Å². The molecular formula is C28H37F3N6O3Si. The number of anilines is 2. The molecule has 2 aliphatic heterocycles. The smallest absolute Gasteiger partial charge is 0.282 e. The molecule has 0 saturated carbocycles. The average molecular weight is 591 g/mol. The number of fused-ring (bicyclic) bond motifs is 1. The molecule has 0 aliphatic carbocycles. The Balaban J connectivity index is 1.38. The number of benzene rings is 1. The van der Waals surface area contributed by atoms with Crippen molar-refractivity contribution in [2.75, 3.05) is 31.7 Å². The van der Waals surface area contributed by atoms with Gasteiger partial charge >= 0.3 is 0 Å². The molecule has 1 atom stereocenters. The lowest BCUT2D eigenvalue weighted by atomic mass is 10.0. The second kappa shape index (κ2) is 12.0. The number of hydrogen-bond acceptors (Lipinski definition) is 6. The molecule has 0 bridgehead atoms. The highest BCUT2D eigenvalue weighted by molar-refractivity contribution is 6.76. The number of nitrogens with zero attached hydrogens (tertiary/aromatic N) is 5. The van der Waals surface area contributed by atoms with E-state index in [-0.39, 0.29) is 35.5 Å². The third kappa shape index (κ3) is 6.68. The van der Waals surface area contributed by atoms with E-state index in [1.54, 1.807) is 11.0 Å². The first-order valence-electron chi connectivity index (χ1n) is 13.9. The van der Waals surface area contributed by atoms with Gasteiger partial charge in [-0.25, -0.2) is 17.9 Å². The number of hydrogen-bond donors (Lipinski definition) is 1. The topological polar surface area (TPSA) is 86.4 Å². The summed E-state index contributed by atoms with van der Waals surface area (Å²) in [6.45, 7) is 11.0. The van der Waals surface area contributed by atoms with Gasteiger partial charge in [-0.05, 0) is 30.2 Å². The van der Waals surface area contributed by atoms with E-state index in [2.05, 4.69) is 30.1 Å². The van der Waals surface area contributed by atoms with Gasteiger partial charge in [-0.3, -0.25) is 9.48 Å². The standard InChI is InChI=1S/C28H37F3N6O3Si/c1-18(38)35-9-7-25-22(14-35)28(34-37(25)20-8-10-39-16-20)32-24-6-5-19(13-23(24)29)21-15-36(33-26(21)27(30)31)17-40-11-12-41(2,3)4/h5-6,13,15,20,27H,7-12,14,16-17H2,1-4H3,(H,32,34). The van der Waals surface area contributed by atoms with E-state index in [0.717, 1.165) is 23.7 Å². The van der Waals surface area contributed by atoms with Crippen molar-refractivity contribution in [3.05, 3.63) is 47.2 Å². The van der Waals surface area contributed by atoms with E-state index >= 15 is 4.39 Å². The van der Waals surface area contributed by atoms with E-state index in [1.165, 1.54) is 29.9 Å². The maximum Gasteiger partial charge on any atom is 0.282 e. The number of alkyl halides is 2. The Morgan fingerprint density at radius 3 is 2.73 bits per heavy atom. The van der Waals surface area contributed by atoms with Gasteiger partial charge in [0.25, 0.3) is 6.43 Å². The van der Waals surface area contributed by atoms with E-state index < -0.39 is 26.0 Å². The molecule has 1 unspecified atom stereocenters. The Morgan fingerprint density at radius 2 is 2.07 bits per heavy atom. The number of rotatable bonds is 10. The lowest BCUT2D eigenvalue weighted by molar-refractivity contribution is -0.129. The van der Waals surface area contributed by atoms with Crippen LogP contribution >= 0.6 is 0 Å². The molecule has 0 radical (unpaired) electrons. The zero-order valence-electron chi connectivity index (χ0n) is 23.9. The zero-order valence-corrected chi connectivity index (χ0v) is 24.9. The SMILES string of the molecule is CC(=O)N1CCc2c(c(Nc3ccc(-c4cn(COCC[Si](C)(C)C)nc4C(F)F)cc3F)nn2C2CCOC2)C1. The van der Waals surface area contributed by atoms with Crippen LogP contribution in [0.1, 0.15) is 42.8 Å². The summed E-state index contributed by atoms with van der Waals surface area (Å²) < 4.78 is 57.7. The van der Waals surface area contributed by atoms with Gasteiger partial charge in [-0.2, -0.15) is 10.2 Å². The number of carbonyl (C=O) groups excluding carboxylic acids is 1. The summed E-state index contributed by atoms with van der Waals surface area (Å²) >= 11 is 0. The van der Waals surface area contributed by atoms with Gasteiger partial charge in [-0.15, -0.1) is 0 Å². The van der Waals surface area contributed by atoms with Gasteiger partial charge in [0.05, 0.1) is 24.9 Å². The third-order valence-electron chi connectivity index (χ3n) is 7.53. The first-order valence-corrected chi connectivity index (χ1v) is 17.6. The molecule has 2 aliphatic rings. The van der Waals surface area contributed by atoms with Gasteiger partial charge in [0, 0.05) is 64.2 Å². The van der Waals surface area contributed by atoms with E-state index in [9.17, 15) is 13.6 Å². The summed E-state index contributed by atoms with van der Waals surface area (Å²) in [5.41, 5.74) is 2.03. The van der Waals surface area contributed by atoms with E-state index in [1.807, 2.05) is 4.68 Å². The van der Waals surface area contributed by atoms with Crippen LogP contribution in [-0.4, -0.2) is 64.8 Å². The second-order valence-corrected chi connectivity index (χ2v) is 17.5. The van der Waals surface area contributed by atoms with Crippen molar-refractivity contribution in [3.63, 3.8) is 0 Å². The fourth-order valence-electron chi connectivity index (χ4n) is 5.17. The minimum Gasteiger partial charge on any atom is -0.379 e. The average Bonchev–Trinajstić information content (AvgIpc) is 3.66. The van der Waals surface area contributed by atoms with Crippen LogP contribution in [0.2, 0.25) is 25.7 Å². The highest BCUT2D eigenvalue weighted by atomic mass is 28.3. The van der Waals surface area contributed by atoms with Crippen LogP contribution in [0.5, 0.6) is 0 Å². The maximum absolute atomic E-state index is 15.4. The monoisotopic (exact) mass is 590 g/mol. The predicted molar refractivity (Wildman–Crippen MR) is 151 cm³/mol. The highest BCUT2D eigenvalue weighted by Crippen LogP contribution is 2.35. The van der Waals surface area contributed by atoms with E-state index in [4.69, 9.17) is 14.6 Å². The van der Waals surface area contributed by atoms with Crippen LogP contribution in [0.15, 0.2) is 24.4 Å². The van der Waals surface area contributed by atoms with Crippen molar-refractivity contribution in [3.8, 4) is 11.1 Å². The molecule has 1 amide bonds. The summed E-state index contributed by atoms with van der Waals surface area (Å²) in [5.74, 6) is -0.180. The third-order valence-corrected chi connectivity index (χ3v) is 9.24. The highest BCUT2D eigenvalue weighted by Gasteiger charge is 2.31. The molecule has 13 heteroatoms. The quantitative estimate of drug-likeness (QED) is 0.239. The Labute approximate surface area is 238 Å². The minimum absolute atomic E-state index is 0.0362. The fraction of sp³-hybridized carbons (Fsp3) is 0.536. The molecule has 2 aromatic heterocycles. The van der Waals surface area contributed by atoms with Gasteiger partial charge in [-0.1, -0.05) is 25.7 Å². The van der Waals surface area contributed by atoms with Crippen LogP contribution in [0, 0.1) is 5.82 Å². The molecular weight excluding hydrogens is 553 g/mol. The molecule has 41 heavy (non-hydrogen) atoms. The maximum atomic E-state index is 15.4. The van der Waals surface area contributed by atoms with Crippen molar-refractivity contribution in [2.45, 2.75) is 71.2 Å². The molecule has 3 aromatic rings. The zero-order chi connectivity index (χ0) is 29.3. The molecule has 1 saturated heterocycles. The Kier molecular flexibility index (Phi) is 8.57. The lowest BCUT2D eigenvalue weighted by Gasteiger charge is -2.27. The minimum atomic E-state index is -2.83. The molecule has 4 heterocycles. The van der Waals surface area contributed by atoms with Gasteiger partial charge in [0.2, 0.25) is 5.91 Å². The normalized spacial score (nSPS) is 17.4. The fourth-order valence-corrected chi connectivity index (χ4v) is 5.92. The van der Waals surface area contributed by atoms with Crippen LogP contribution in [0.3, 0.4) is 0 Å². The first kappa shape index (κ1) is 29.3. The van der Waals surface area contributed by atoms with Crippen molar-refractivity contribution in [2.24, 2.45) is 0 Å². The molecule has 9 nitrogen and oxygen atoms in total. The molecule has 1 fully saturated rings. The Bertz CT molecular complexity index is 1400. The van der Waals surface area contributed by atoms with Gasteiger partial charge < -0.3 is 19.7 Å². The Hall–Kier alpha value is -3.16. The van der Waals surface area contributed by atoms with Gasteiger partial charge in [0.1, 0.15) is 18.2 Å². The largest absolute Gasteiger partial charge is 0.379 e. The molecule has 222 valence electrons. The van der Waals surface area contributed by atoms with Crippen LogP contribution in [-0.2, 0) is 34.0 Å². The van der Waals surface area contributed by atoms with Crippen molar-refractivity contribution in [1.29, 1.82) is 0 Å². The van der Waals surface area contributed by atoms with Crippen LogP contribution in [0.4, 0.5) is 24.7 Å². The van der Waals surface area contributed by atoms with Crippen LogP contribution in [0.25, 0.3) is 11.1 Å². The van der Waals surface area contributed by atoms with Gasteiger partial charge in [0.15, 0.2) is 5.82 Å². The second-order valence-electron chi connectivity index (χ2n) is 11.9. The number of nitrogens with one attached hydrogen (secondary N) is 1. The Morgan fingerprint density at radius 1 is 1.27 bits per heavy atom. The summed E-state index contributed by atoms with van der Waals surface area (Å²) in [7, 11) is -1.29. The summed E-state index contributed by atoms with van der Waals surface area (Å²) in [6, 6.07) is 5.35. The number of aromatic nitrogens is 4. The number of halogens is 3. The van der Waals surface area contributed by atoms with E-state index in [0.29, 0.717) is 45.1 Å².